The molecule has 6 nitrogen and oxygen atoms in total. The average molecular weight is 341 g/mol. The van der Waals surface area contributed by atoms with Crippen molar-refractivity contribution in [2.45, 2.75) is 12.8 Å². The van der Waals surface area contributed by atoms with Crippen molar-refractivity contribution in [3.8, 4) is 0 Å². The Morgan fingerprint density at radius 3 is 2.78 bits per heavy atom. The SMILES string of the molecule is CN(C)C(=O)Nc1cccc(C(=O)NCCC2CCNC2)c1.Cl. The van der Waals surface area contributed by atoms with Gasteiger partial charge in [-0.1, -0.05) is 6.07 Å². The van der Waals surface area contributed by atoms with E-state index < -0.39 is 0 Å². The molecule has 1 aliphatic rings. The van der Waals surface area contributed by atoms with E-state index in [-0.39, 0.29) is 24.3 Å². The predicted octanol–water partition coefficient (Wildman–Crippen LogP) is 1.93. The largest absolute Gasteiger partial charge is 0.352 e. The van der Waals surface area contributed by atoms with Crippen molar-refractivity contribution >= 4 is 30.0 Å². The van der Waals surface area contributed by atoms with Crippen LogP contribution >= 0.6 is 12.4 Å². The molecule has 3 amide bonds. The molecule has 2 rings (SSSR count). The van der Waals surface area contributed by atoms with Crippen molar-refractivity contribution < 1.29 is 9.59 Å². The maximum absolute atomic E-state index is 12.1. The summed E-state index contributed by atoms with van der Waals surface area (Å²) in [6.07, 6.45) is 2.18. The second-order valence-electron chi connectivity index (χ2n) is 5.81. The number of nitrogens with one attached hydrogen (secondary N) is 3. The van der Waals surface area contributed by atoms with Gasteiger partial charge in [0.1, 0.15) is 0 Å². The Morgan fingerprint density at radius 2 is 2.13 bits per heavy atom. The molecule has 7 heteroatoms. The number of anilines is 1. The maximum Gasteiger partial charge on any atom is 0.321 e. The van der Waals surface area contributed by atoms with Crippen LogP contribution in [0.25, 0.3) is 0 Å². The van der Waals surface area contributed by atoms with Crippen molar-refractivity contribution in [1.29, 1.82) is 0 Å². The molecule has 1 aromatic carbocycles. The predicted molar refractivity (Wildman–Crippen MR) is 94.3 cm³/mol. The molecule has 0 aromatic heterocycles. The molecule has 0 aliphatic carbocycles. The number of carbonyl (C=O) groups is 2. The van der Waals surface area contributed by atoms with Gasteiger partial charge in [0.05, 0.1) is 0 Å². The third-order valence-electron chi connectivity index (χ3n) is 3.78. The van der Waals surface area contributed by atoms with Crippen LogP contribution in [-0.2, 0) is 0 Å². The number of rotatable bonds is 5. The molecule has 128 valence electrons. The Balaban J connectivity index is 0.00000264. The molecule has 0 saturated carbocycles. The summed E-state index contributed by atoms with van der Waals surface area (Å²) in [6.45, 7) is 2.80. The third-order valence-corrected chi connectivity index (χ3v) is 3.78. The van der Waals surface area contributed by atoms with E-state index in [1.807, 2.05) is 0 Å². The molecule has 1 saturated heterocycles. The van der Waals surface area contributed by atoms with Gasteiger partial charge in [0, 0.05) is 31.9 Å². The summed E-state index contributed by atoms with van der Waals surface area (Å²) in [7, 11) is 3.34. The third kappa shape index (κ3) is 6.08. The molecule has 1 heterocycles. The Bertz CT molecular complexity index is 531. The Labute approximate surface area is 143 Å². The number of hydrogen-bond donors (Lipinski definition) is 3. The van der Waals surface area contributed by atoms with Crippen LogP contribution in [-0.4, -0.2) is 50.6 Å². The Morgan fingerprint density at radius 1 is 1.35 bits per heavy atom. The minimum atomic E-state index is -0.216. The molecule has 0 radical (unpaired) electrons. The Kier molecular flexibility index (Phi) is 7.85. The van der Waals surface area contributed by atoms with Crippen LogP contribution in [0.15, 0.2) is 24.3 Å². The lowest BCUT2D eigenvalue weighted by molar-refractivity contribution is 0.0951. The van der Waals surface area contributed by atoms with Gasteiger partial charge in [0.15, 0.2) is 0 Å². The zero-order valence-electron chi connectivity index (χ0n) is 13.6. The number of hydrogen-bond acceptors (Lipinski definition) is 3. The van der Waals surface area contributed by atoms with Gasteiger partial charge >= 0.3 is 6.03 Å². The molecule has 23 heavy (non-hydrogen) atoms. The molecule has 1 fully saturated rings. The number of carbonyl (C=O) groups excluding carboxylic acids is 2. The molecule has 0 spiro atoms. The molecule has 0 bridgehead atoms. The van der Waals surface area contributed by atoms with Gasteiger partial charge in [0.25, 0.3) is 5.91 Å². The van der Waals surface area contributed by atoms with Crippen molar-refractivity contribution in [3.63, 3.8) is 0 Å². The maximum atomic E-state index is 12.1. The van der Waals surface area contributed by atoms with Crippen molar-refractivity contribution in [1.82, 2.24) is 15.5 Å². The number of halogens is 1. The molecule has 1 aromatic rings. The first-order valence-electron chi connectivity index (χ1n) is 7.63. The summed E-state index contributed by atoms with van der Waals surface area (Å²) in [5.74, 6) is 0.554. The highest BCUT2D eigenvalue weighted by atomic mass is 35.5. The topological polar surface area (TPSA) is 73.5 Å². The van der Waals surface area contributed by atoms with E-state index in [0.717, 1.165) is 19.5 Å². The molecule has 1 aliphatic heterocycles. The summed E-state index contributed by atoms with van der Waals surface area (Å²) in [5.41, 5.74) is 1.17. The van der Waals surface area contributed by atoms with Gasteiger partial charge in [0.2, 0.25) is 0 Å². The van der Waals surface area contributed by atoms with Gasteiger partial charge in [-0.05, 0) is 50.0 Å². The van der Waals surface area contributed by atoms with Crippen LogP contribution < -0.4 is 16.0 Å². The summed E-state index contributed by atoms with van der Waals surface area (Å²) >= 11 is 0. The monoisotopic (exact) mass is 340 g/mol. The van der Waals surface area contributed by atoms with Crippen molar-refractivity contribution in [2.24, 2.45) is 5.92 Å². The van der Waals surface area contributed by atoms with Crippen LogP contribution in [0, 0.1) is 5.92 Å². The molecule has 3 N–H and O–H groups in total. The van der Waals surface area contributed by atoms with Gasteiger partial charge in [-0.2, -0.15) is 0 Å². The smallest absolute Gasteiger partial charge is 0.321 e. The van der Waals surface area contributed by atoms with E-state index >= 15 is 0 Å². The van der Waals surface area contributed by atoms with Crippen LogP contribution in [0.5, 0.6) is 0 Å². The highest BCUT2D eigenvalue weighted by molar-refractivity contribution is 5.96. The number of benzene rings is 1. The average Bonchev–Trinajstić information content (AvgIpc) is 3.00. The first kappa shape index (κ1) is 19.3. The lowest BCUT2D eigenvalue weighted by Crippen LogP contribution is -2.28. The van der Waals surface area contributed by atoms with Gasteiger partial charge in [-0.15, -0.1) is 12.4 Å². The van der Waals surface area contributed by atoms with Gasteiger partial charge in [-0.3, -0.25) is 4.79 Å². The first-order chi connectivity index (χ1) is 10.6. The lowest BCUT2D eigenvalue weighted by atomic mass is 10.1. The summed E-state index contributed by atoms with van der Waals surface area (Å²) in [6, 6.07) is 6.75. The standard InChI is InChI=1S/C16H24N4O2.ClH/c1-20(2)16(22)19-14-5-3-4-13(10-14)15(21)18-9-7-12-6-8-17-11-12;/h3-5,10,12,17H,6-9,11H2,1-2H3,(H,18,21)(H,19,22);1H. The van der Waals surface area contributed by atoms with Gasteiger partial charge in [-0.25, -0.2) is 4.79 Å². The van der Waals surface area contributed by atoms with Crippen molar-refractivity contribution in [3.05, 3.63) is 29.8 Å². The minimum absolute atomic E-state index is 0. The van der Waals surface area contributed by atoms with E-state index in [2.05, 4.69) is 16.0 Å². The molecule has 1 atom stereocenters. The molecule has 1 unspecified atom stereocenters. The number of amides is 3. The summed E-state index contributed by atoms with van der Waals surface area (Å²) < 4.78 is 0. The summed E-state index contributed by atoms with van der Waals surface area (Å²) in [4.78, 5) is 25.2. The fraction of sp³-hybridized carbons (Fsp3) is 0.500. The zero-order valence-corrected chi connectivity index (χ0v) is 14.4. The van der Waals surface area contributed by atoms with E-state index in [0.29, 0.717) is 23.7 Å². The van der Waals surface area contributed by atoms with Crippen LogP contribution in [0.2, 0.25) is 0 Å². The minimum Gasteiger partial charge on any atom is -0.352 e. The zero-order chi connectivity index (χ0) is 15.9. The lowest BCUT2D eigenvalue weighted by Gasteiger charge is -2.13. The first-order valence-corrected chi connectivity index (χ1v) is 7.63. The quantitative estimate of drug-likeness (QED) is 0.767. The highest BCUT2D eigenvalue weighted by Gasteiger charge is 2.14. The number of urea groups is 1. The van der Waals surface area contributed by atoms with E-state index in [1.165, 1.54) is 11.3 Å². The van der Waals surface area contributed by atoms with Crippen LogP contribution in [0.4, 0.5) is 10.5 Å². The molecular formula is C16H25ClN4O2. The normalized spacial score (nSPS) is 16.3. The fourth-order valence-electron chi connectivity index (χ4n) is 2.43. The number of nitrogens with zero attached hydrogens (tertiary/aromatic N) is 1. The second-order valence-corrected chi connectivity index (χ2v) is 5.81. The van der Waals surface area contributed by atoms with Crippen LogP contribution in [0.1, 0.15) is 23.2 Å². The van der Waals surface area contributed by atoms with Gasteiger partial charge < -0.3 is 20.9 Å². The van der Waals surface area contributed by atoms with Crippen molar-refractivity contribution in [2.75, 3.05) is 39.0 Å². The summed E-state index contributed by atoms with van der Waals surface area (Å²) in [5, 5.41) is 9.00. The second kappa shape index (κ2) is 9.37. The molecular weight excluding hydrogens is 316 g/mol. The highest BCUT2D eigenvalue weighted by Crippen LogP contribution is 2.13. The van der Waals surface area contributed by atoms with E-state index in [1.54, 1.807) is 38.4 Å². The van der Waals surface area contributed by atoms with E-state index in [4.69, 9.17) is 0 Å². The Hall–Kier alpha value is -1.79. The van der Waals surface area contributed by atoms with E-state index in [9.17, 15) is 9.59 Å². The van der Waals surface area contributed by atoms with Crippen LogP contribution in [0.3, 0.4) is 0 Å². The fourth-order valence-corrected chi connectivity index (χ4v) is 2.43.